The van der Waals surface area contributed by atoms with Gasteiger partial charge in [-0.1, -0.05) is 11.6 Å². The largest absolute Gasteiger partial charge is 0.306 e. The Balaban J connectivity index is 2.14. The minimum absolute atomic E-state index is 0.199. The Bertz CT molecular complexity index is 509. The Labute approximate surface area is 101 Å². The van der Waals surface area contributed by atoms with E-state index in [-0.39, 0.29) is 5.91 Å². The van der Waals surface area contributed by atoms with Gasteiger partial charge in [0.1, 0.15) is 10.7 Å². The van der Waals surface area contributed by atoms with Crippen LogP contribution < -0.4 is 5.32 Å². The number of hydrogen-bond donors (Lipinski definition) is 1. The van der Waals surface area contributed by atoms with Crippen molar-refractivity contribution in [3.63, 3.8) is 0 Å². The van der Waals surface area contributed by atoms with E-state index >= 15 is 0 Å². The second-order valence-electron chi connectivity index (χ2n) is 3.08. The molecule has 0 aliphatic heterocycles. The maximum absolute atomic E-state index is 11.8. The summed E-state index contributed by atoms with van der Waals surface area (Å²) in [6.07, 6.45) is 1.48. The molecule has 0 radical (unpaired) electrons. The third-order valence-corrected chi connectivity index (χ3v) is 3.07. The highest BCUT2D eigenvalue weighted by atomic mass is 35.5. The molecule has 0 fully saturated rings. The van der Waals surface area contributed by atoms with Gasteiger partial charge in [-0.25, -0.2) is 9.97 Å². The standard InChI is InChI=1S/C10H8ClN3OS/c1-6-9(16-5-13-6)10(15)14-8-3-2-7(11)4-12-8/h2-5H,1H3,(H,12,14,15). The number of nitrogens with zero attached hydrogens (tertiary/aromatic N) is 2. The number of hydrogen-bond acceptors (Lipinski definition) is 4. The number of halogens is 1. The zero-order chi connectivity index (χ0) is 11.5. The van der Waals surface area contributed by atoms with Gasteiger partial charge in [0, 0.05) is 6.20 Å². The lowest BCUT2D eigenvalue weighted by Crippen LogP contribution is -2.12. The zero-order valence-electron chi connectivity index (χ0n) is 8.40. The van der Waals surface area contributed by atoms with Crippen LogP contribution in [0.4, 0.5) is 5.82 Å². The van der Waals surface area contributed by atoms with Gasteiger partial charge in [0.05, 0.1) is 16.2 Å². The van der Waals surface area contributed by atoms with Crippen molar-refractivity contribution in [3.8, 4) is 0 Å². The second kappa shape index (κ2) is 4.59. The summed E-state index contributed by atoms with van der Waals surface area (Å²) < 4.78 is 0. The van der Waals surface area contributed by atoms with Crippen LogP contribution in [0.1, 0.15) is 15.4 Å². The van der Waals surface area contributed by atoms with Gasteiger partial charge in [-0.05, 0) is 19.1 Å². The van der Waals surface area contributed by atoms with Crippen LogP contribution in [0.15, 0.2) is 23.8 Å². The van der Waals surface area contributed by atoms with E-state index < -0.39 is 0 Å². The van der Waals surface area contributed by atoms with Gasteiger partial charge in [-0.2, -0.15) is 0 Å². The van der Waals surface area contributed by atoms with Crippen LogP contribution >= 0.6 is 22.9 Å². The van der Waals surface area contributed by atoms with Crippen LogP contribution in [0, 0.1) is 6.92 Å². The Hall–Kier alpha value is -1.46. The molecule has 0 spiro atoms. The van der Waals surface area contributed by atoms with Crippen molar-refractivity contribution < 1.29 is 4.79 Å². The highest BCUT2D eigenvalue weighted by molar-refractivity contribution is 7.12. The quantitative estimate of drug-likeness (QED) is 0.895. The van der Waals surface area contributed by atoms with Crippen molar-refractivity contribution in [2.24, 2.45) is 0 Å². The number of rotatable bonds is 2. The van der Waals surface area contributed by atoms with Crippen molar-refractivity contribution in [1.29, 1.82) is 0 Å². The highest BCUT2D eigenvalue weighted by Crippen LogP contribution is 2.15. The van der Waals surface area contributed by atoms with E-state index in [1.807, 2.05) is 0 Å². The highest BCUT2D eigenvalue weighted by Gasteiger charge is 2.11. The van der Waals surface area contributed by atoms with Gasteiger partial charge in [-0.3, -0.25) is 4.79 Å². The van der Waals surface area contributed by atoms with Crippen molar-refractivity contribution >= 4 is 34.7 Å². The van der Waals surface area contributed by atoms with E-state index in [2.05, 4.69) is 15.3 Å². The normalized spacial score (nSPS) is 10.1. The fraction of sp³-hybridized carbons (Fsp3) is 0.100. The molecule has 4 nitrogen and oxygen atoms in total. The van der Waals surface area contributed by atoms with Gasteiger partial charge in [0.2, 0.25) is 0 Å². The number of thiazole rings is 1. The number of aryl methyl sites for hydroxylation is 1. The predicted molar refractivity (Wildman–Crippen MR) is 64.1 cm³/mol. The topological polar surface area (TPSA) is 54.9 Å². The third-order valence-electron chi connectivity index (χ3n) is 1.92. The van der Waals surface area contributed by atoms with Crippen LogP contribution in [0.3, 0.4) is 0 Å². The molecular weight excluding hydrogens is 246 g/mol. The summed E-state index contributed by atoms with van der Waals surface area (Å²) in [7, 11) is 0. The molecule has 2 aromatic heterocycles. The molecule has 2 rings (SSSR count). The summed E-state index contributed by atoms with van der Waals surface area (Å²) in [5.41, 5.74) is 2.36. The summed E-state index contributed by atoms with van der Waals surface area (Å²) >= 11 is 6.99. The number of aromatic nitrogens is 2. The fourth-order valence-corrected chi connectivity index (χ4v) is 1.95. The molecule has 0 atom stereocenters. The van der Waals surface area contributed by atoms with Crippen molar-refractivity contribution in [1.82, 2.24) is 9.97 Å². The third kappa shape index (κ3) is 2.37. The zero-order valence-corrected chi connectivity index (χ0v) is 9.97. The molecule has 0 aliphatic carbocycles. The SMILES string of the molecule is Cc1ncsc1C(=O)Nc1ccc(Cl)cn1. The van der Waals surface area contributed by atoms with E-state index in [0.717, 1.165) is 5.69 Å². The monoisotopic (exact) mass is 253 g/mol. The summed E-state index contributed by atoms with van der Waals surface area (Å²) in [5.74, 6) is 0.275. The smallest absolute Gasteiger partial charge is 0.268 e. The first-order valence-corrected chi connectivity index (χ1v) is 5.75. The maximum Gasteiger partial charge on any atom is 0.268 e. The second-order valence-corrected chi connectivity index (χ2v) is 4.37. The molecular formula is C10H8ClN3OS. The number of carbonyl (C=O) groups excluding carboxylic acids is 1. The first-order valence-electron chi connectivity index (χ1n) is 4.50. The molecule has 6 heteroatoms. The number of amides is 1. The lowest BCUT2D eigenvalue weighted by molar-refractivity contribution is 0.102. The first kappa shape index (κ1) is 11.0. The molecule has 1 amide bonds. The fourth-order valence-electron chi connectivity index (χ4n) is 1.14. The number of nitrogens with one attached hydrogen (secondary N) is 1. The number of pyridine rings is 1. The van der Waals surface area contributed by atoms with E-state index in [0.29, 0.717) is 15.7 Å². The van der Waals surface area contributed by atoms with E-state index in [1.165, 1.54) is 17.5 Å². The predicted octanol–water partition coefficient (Wildman–Crippen LogP) is 2.75. The lowest BCUT2D eigenvalue weighted by atomic mass is 10.3. The van der Waals surface area contributed by atoms with Gasteiger partial charge in [0.25, 0.3) is 5.91 Å². The van der Waals surface area contributed by atoms with Crippen LogP contribution in [-0.4, -0.2) is 15.9 Å². The lowest BCUT2D eigenvalue weighted by Gasteiger charge is -2.02. The summed E-state index contributed by atoms with van der Waals surface area (Å²) in [6.45, 7) is 1.79. The van der Waals surface area contributed by atoms with Gasteiger partial charge in [-0.15, -0.1) is 11.3 Å². The van der Waals surface area contributed by atoms with Crippen molar-refractivity contribution in [2.45, 2.75) is 6.92 Å². The van der Waals surface area contributed by atoms with Crippen LogP contribution in [0.2, 0.25) is 5.02 Å². The minimum Gasteiger partial charge on any atom is -0.306 e. The van der Waals surface area contributed by atoms with E-state index in [1.54, 1.807) is 24.6 Å². The molecule has 2 aromatic rings. The molecule has 82 valence electrons. The van der Waals surface area contributed by atoms with E-state index in [9.17, 15) is 4.79 Å². The molecule has 0 saturated heterocycles. The molecule has 16 heavy (non-hydrogen) atoms. The molecule has 0 bridgehead atoms. The average molecular weight is 254 g/mol. The summed E-state index contributed by atoms with van der Waals surface area (Å²) in [4.78, 5) is 20.3. The Morgan fingerprint density at radius 1 is 1.44 bits per heavy atom. The molecule has 2 heterocycles. The Morgan fingerprint density at radius 2 is 2.25 bits per heavy atom. The Kier molecular flexibility index (Phi) is 3.17. The van der Waals surface area contributed by atoms with E-state index in [4.69, 9.17) is 11.6 Å². The molecule has 0 aromatic carbocycles. The molecule has 0 saturated carbocycles. The van der Waals surface area contributed by atoms with Gasteiger partial charge in [0.15, 0.2) is 0 Å². The van der Waals surface area contributed by atoms with Gasteiger partial charge >= 0.3 is 0 Å². The van der Waals surface area contributed by atoms with Crippen LogP contribution in [0.5, 0.6) is 0 Å². The minimum atomic E-state index is -0.199. The molecule has 0 aliphatic rings. The number of anilines is 1. The van der Waals surface area contributed by atoms with Crippen molar-refractivity contribution in [2.75, 3.05) is 5.32 Å². The summed E-state index contributed by atoms with van der Waals surface area (Å²) in [5, 5.41) is 3.21. The van der Waals surface area contributed by atoms with Crippen LogP contribution in [0.25, 0.3) is 0 Å². The van der Waals surface area contributed by atoms with Gasteiger partial charge < -0.3 is 5.32 Å². The number of carbonyl (C=O) groups is 1. The average Bonchev–Trinajstić information content (AvgIpc) is 2.68. The molecule has 1 N–H and O–H groups in total. The first-order chi connectivity index (χ1) is 7.66. The maximum atomic E-state index is 11.8. The molecule has 0 unspecified atom stereocenters. The van der Waals surface area contributed by atoms with Crippen LogP contribution in [-0.2, 0) is 0 Å². The Morgan fingerprint density at radius 3 is 2.81 bits per heavy atom. The summed E-state index contributed by atoms with van der Waals surface area (Å²) in [6, 6.07) is 3.32. The van der Waals surface area contributed by atoms with Crippen molar-refractivity contribution in [3.05, 3.63) is 39.4 Å².